The van der Waals surface area contributed by atoms with Crippen LogP contribution < -0.4 is 14.9 Å². The number of ether oxygens (including phenoxy) is 2. The molecule has 1 heterocycles. The molecule has 0 saturated heterocycles. The molecule has 0 aliphatic carbocycles. The highest BCUT2D eigenvalue weighted by atomic mass is 35.5. The zero-order chi connectivity index (χ0) is 27.8. The summed E-state index contributed by atoms with van der Waals surface area (Å²) in [5.74, 6) is 1.18. The fourth-order valence-corrected chi connectivity index (χ4v) is 4.41. The average molecular weight is 564 g/mol. The van der Waals surface area contributed by atoms with Crippen LogP contribution in [0.25, 0.3) is 17.1 Å². The Labute approximate surface area is 235 Å². The summed E-state index contributed by atoms with van der Waals surface area (Å²) in [6, 6.07) is 21.8. The first kappa shape index (κ1) is 27.9. The van der Waals surface area contributed by atoms with Gasteiger partial charge < -0.3 is 9.47 Å². The largest absolute Gasteiger partial charge is 0.494 e. The molecule has 0 unspecified atom stereocenters. The number of aromatic nitrogens is 3. The predicted octanol–water partition coefficient (Wildman–Crippen LogP) is 5.54. The van der Waals surface area contributed by atoms with Crippen molar-refractivity contribution in [2.75, 3.05) is 12.4 Å². The van der Waals surface area contributed by atoms with E-state index in [0.717, 1.165) is 22.6 Å². The molecule has 1 amide bonds. The molecule has 3 aromatic carbocycles. The summed E-state index contributed by atoms with van der Waals surface area (Å²) in [6.45, 7) is 5.61. The molecule has 4 rings (SSSR count). The van der Waals surface area contributed by atoms with Crippen LogP contribution in [0.4, 0.5) is 0 Å². The quantitative estimate of drug-likeness (QED) is 0.0886. The van der Waals surface area contributed by atoms with Gasteiger partial charge in [0.1, 0.15) is 11.5 Å². The number of hydrogen-bond acceptors (Lipinski definition) is 8. The third-order valence-corrected chi connectivity index (χ3v) is 6.54. The number of carbonyl (C=O) groups is 2. The van der Waals surface area contributed by atoms with Crippen molar-refractivity contribution in [2.24, 2.45) is 5.10 Å². The van der Waals surface area contributed by atoms with Crippen LogP contribution in [0.3, 0.4) is 0 Å². The third-order valence-electron chi connectivity index (χ3n) is 5.36. The van der Waals surface area contributed by atoms with E-state index in [4.69, 9.17) is 21.1 Å². The lowest BCUT2D eigenvalue weighted by atomic mass is 10.1. The number of rotatable bonds is 10. The summed E-state index contributed by atoms with van der Waals surface area (Å²) in [4.78, 5) is 23.7. The normalized spacial score (nSPS) is 11.2. The van der Waals surface area contributed by atoms with Gasteiger partial charge in [-0.3, -0.25) is 14.2 Å². The van der Waals surface area contributed by atoms with Gasteiger partial charge >= 0.3 is 5.97 Å². The van der Waals surface area contributed by atoms with Crippen LogP contribution >= 0.6 is 23.4 Å². The van der Waals surface area contributed by atoms with Crippen LogP contribution in [0, 0.1) is 0 Å². The summed E-state index contributed by atoms with van der Waals surface area (Å²) in [5, 5.41) is 14.1. The second kappa shape index (κ2) is 13.1. The SMILES string of the molecule is CCOc1ccc(-n2c(SCC(=O)N/N=C(\C)c3ccc(OC(C)=O)cc3)nnc2-c2ccc(Cl)cc2)cc1. The Balaban J connectivity index is 1.48. The average Bonchev–Trinajstić information content (AvgIpc) is 3.35. The number of carbonyl (C=O) groups excluding carboxylic acids is 2. The van der Waals surface area contributed by atoms with E-state index in [2.05, 4.69) is 20.7 Å². The first-order chi connectivity index (χ1) is 18.8. The van der Waals surface area contributed by atoms with Gasteiger partial charge in [-0.15, -0.1) is 10.2 Å². The highest BCUT2D eigenvalue weighted by Crippen LogP contribution is 2.29. The smallest absolute Gasteiger partial charge is 0.308 e. The van der Waals surface area contributed by atoms with Gasteiger partial charge in [0.05, 0.1) is 18.1 Å². The van der Waals surface area contributed by atoms with E-state index in [9.17, 15) is 9.59 Å². The van der Waals surface area contributed by atoms with Gasteiger partial charge in [-0.05, 0) is 92.2 Å². The van der Waals surface area contributed by atoms with E-state index in [0.29, 0.717) is 34.1 Å². The van der Waals surface area contributed by atoms with Gasteiger partial charge in [-0.1, -0.05) is 23.4 Å². The lowest BCUT2D eigenvalue weighted by molar-refractivity contribution is -0.131. The van der Waals surface area contributed by atoms with Crippen molar-refractivity contribution in [2.45, 2.75) is 25.9 Å². The second-order valence-corrected chi connectivity index (χ2v) is 9.59. The van der Waals surface area contributed by atoms with E-state index in [1.165, 1.54) is 18.7 Å². The van der Waals surface area contributed by atoms with Crippen molar-refractivity contribution in [3.8, 4) is 28.6 Å². The molecular formula is C28H26ClN5O4S. The number of esters is 1. The highest BCUT2D eigenvalue weighted by molar-refractivity contribution is 7.99. The Morgan fingerprint density at radius 3 is 2.26 bits per heavy atom. The van der Waals surface area contributed by atoms with E-state index in [1.54, 1.807) is 43.3 Å². The minimum Gasteiger partial charge on any atom is -0.494 e. The number of amides is 1. The first-order valence-electron chi connectivity index (χ1n) is 12.0. The molecule has 1 N–H and O–H groups in total. The van der Waals surface area contributed by atoms with Crippen LogP contribution in [0.2, 0.25) is 5.02 Å². The van der Waals surface area contributed by atoms with Gasteiger partial charge in [0.2, 0.25) is 0 Å². The highest BCUT2D eigenvalue weighted by Gasteiger charge is 2.17. The molecule has 0 aliphatic rings. The molecular weight excluding hydrogens is 538 g/mol. The number of thioether (sulfide) groups is 1. The zero-order valence-corrected chi connectivity index (χ0v) is 23.1. The Morgan fingerprint density at radius 1 is 0.949 bits per heavy atom. The molecule has 1 aromatic heterocycles. The molecule has 39 heavy (non-hydrogen) atoms. The lowest BCUT2D eigenvalue weighted by Crippen LogP contribution is -2.21. The molecule has 11 heteroatoms. The van der Waals surface area contributed by atoms with Crippen molar-refractivity contribution in [3.05, 3.63) is 83.4 Å². The number of hydrazone groups is 1. The summed E-state index contributed by atoms with van der Waals surface area (Å²) < 4.78 is 12.5. The summed E-state index contributed by atoms with van der Waals surface area (Å²) in [7, 11) is 0. The minimum atomic E-state index is -0.392. The van der Waals surface area contributed by atoms with E-state index >= 15 is 0 Å². The Bertz CT molecular complexity index is 1470. The van der Waals surface area contributed by atoms with Crippen LogP contribution in [0.1, 0.15) is 26.3 Å². The molecule has 0 saturated carbocycles. The van der Waals surface area contributed by atoms with Gasteiger partial charge in [0.15, 0.2) is 11.0 Å². The lowest BCUT2D eigenvalue weighted by Gasteiger charge is -2.11. The van der Waals surface area contributed by atoms with Gasteiger partial charge in [0.25, 0.3) is 5.91 Å². The maximum Gasteiger partial charge on any atom is 0.308 e. The van der Waals surface area contributed by atoms with Crippen LogP contribution in [-0.4, -0.2) is 44.7 Å². The fraction of sp³-hybridized carbons (Fsp3) is 0.179. The number of nitrogens with zero attached hydrogens (tertiary/aromatic N) is 4. The summed E-state index contributed by atoms with van der Waals surface area (Å²) >= 11 is 7.32. The first-order valence-corrected chi connectivity index (χ1v) is 13.4. The number of hydrogen-bond donors (Lipinski definition) is 1. The maximum absolute atomic E-state index is 12.6. The Kier molecular flexibility index (Phi) is 9.35. The maximum atomic E-state index is 12.6. The van der Waals surface area contributed by atoms with Crippen LogP contribution in [0.15, 0.2) is 83.1 Å². The molecule has 9 nitrogen and oxygen atoms in total. The van der Waals surface area contributed by atoms with E-state index in [-0.39, 0.29) is 11.7 Å². The van der Waals surface area contributed by atoms with Crippen molar-refractivity contribution in [1.29, 1.82) is 0 Å². The zero-order valence-electron chi connectivity index (χ0n) is 21.6. The molecule has 0 radical (unpaired) electrons. The number of halogens is 1. The molecule has 200 valence electrons. The van der Waals surface area contributed by atoms with Crippen LogP contribution in [-0.2, 0) is 9.59 Å². The van der Waals surface area contributed by atoms with E-state index in [1.807, 2.05) is 47.9 Å². The predicted molar refractivity (Wildman–Crippen MR) is 152 cm³/mol. The monoisotopic (exact) mass is 563 g/mol. The second-order valence-electron chi connectivity index (χ2n) is 8.21. The Hall–Kier alpha value is -4.15. The van der Waals surface area contributed by atoms with E-state index < -0.39 is 5.97 Å². The van der Waals surface area contributed by atoms with Crippen molar-refractivity contribution in [3.63, 3.8) is 0 Å². The van der Waals surface area contributed by atoms with Gasteiger partial charge in [-0.25, -0.2) is 5.43 Å². The van der Waals surface area contributed by atoms with Gasteiger partial charge in [-0.2, -0.15) is 5.10 Å². The molecule has 0 bridgehead atoms. The van der Waals surface area contributed by atoms with Crippen molar-refractivity contribution >= 4 is 41.0 Å². The van der Waals surface area contributed by atoms with Crippen LogP contribution in [0.5, 0.6) is 11.5 Å². The minimum absolute atomic E-state index is 0.0674. The summed E-state index contributed by atoms with van der Waals surface area (Å²) in [5.41, 5.74) is 5.61. The third kappa shape index (κ3) is 7.46. The summed E-state index contributed by atoms with van der Waals surface area (Å²) in [6.07, 6.45) is 0. The molecule has 4 aromatic rings. The fourth-order valence-electron chi connectivity index (χ4n) is 3.54. The van der Waals surface area contributed by atoms with Gasteiger partial charge in [0, 0.05) is 23.2 Å². The molecule has 0 atom stereocenters. The number of benzene rings is 3. The topological polar surface area (TPSA) is 108 Å². The van der Waals surface area contributed by atoms with Crippen molar-refractivity contribution < 1.29 is 19.1 Å². The molecule has 0 aliphatic heterocycles. The van der Waals surface area contributed by atoms with Crippen molar-refractivity contribution in [1.82, 2.24) is 20.2 Å². The molecule has 0 fully saturated rings. The standard InChI is InChI=1S/C28H26ClN5O4S/c1-4-37-24-15-11-23(12-16-24)34-27(21-5-9-22(29)10-6-21)32-33-28(34)39-17-26(36)31-30-18(2)20-7-13-25(14-8-20)38-19(3)35/h5-16H,4,17H2,1-3H3,(H,31,36)/b30-18+. The molecule has 0 spiro atoms. The Morgan fingerprint density at radius 2 is 1.62 bits per heavy atom. The number of nitrogens with one attached hydrogen (secondary N) is 1.